The van der Waals surface area contributed by atoms with Crippen molar-refractivity contribution in [3.8, 4) is 5.75 Å². The van der Waals surface area contributed by atoms with Crippen molar-refractivity contribution in [3.63, 3.8) is 0 Å². The largest absolute Gasteiger partial charge is 0.435 e. The predicted octanol–water partition coefficient (Wildman–Crippen LogP) is 5.48. The van der Waals surface area contributed by atoms with Crippen LogP contribution in [0, 0.1) is 0 Å². The number of aromatic nitrogens is 1. The molecule has 0 aliphatic rings. The number of ether oxygens (including phenoxy) is 1. The van der Waals surface area contributed by atoms with Crippen LogP contribution in [-0.2, 0) is 0 Å². The molecule has 0 fully saturated rings. The molecule has 2 rings (SSSR count). The van der Waals surface area contributed by atoms with Gasteiger partial charge in [0.1, 0.15) is 10.9 Å². The van der Waals surface area contributed by atoms with Crippen LogP contribution >= 0.6 is 34.8 Å². The number of hydrogen-bond donors (Lipinski definition) is 1. The highest BCUT2D eigenvalue weighted by Crippen LogP contribution is 2.28. The summed E-state index contributed by atoms with van der Waals surface area (Å²) in [4.78, 5) is 3.96. The Morgan fingerprint density at radius 3 is 2.43 bits per heavy atom. The van der Waals surface area contributed by atoms with Crippen LogP contribution in [0.25, 0.3) is 0 Å². The molecule has 2 aromatic rings. The van der Waals surface area contributed by atoms with Crippen molar-refractivity contribution in [1.29, 1.82) is 0 Å². The minimum atomic E-state index is -2.86. The average molecular weight is 381 g/mol. The number of halogens is 5. The molecule has 0 aliphatic heterocycles. The Kier molecular flexibility index (Phi) is 5.98. The zero-order chi connectivity index (χ0) is 17.0. The van der Waals surface area contributed by atoms with Gasteiger partial charge in [-0.25, -0.2) is 4.98 Å². The van der Waals surface area contributed by atoms with Crippen LogP contribution in [-0.4, -0.2) is 17.3 Å². The molecule has 0 saturated carbocycles. The van der Waals surface area contributed by atoms with Gasteiger partial charge in [0, 0.05) is 0 Å². The molecule has 1 N–H and O–H groups in total. The third-order valence-electron chi connectivity index (χ3n) is 2.71. The highest BCUT2D eigenvalue weighted by atomic mass is 35.5. The molecule has 122 valence electrons. The maximum atomic E-state index is 12.1. The molecule has 23 heavy (non-hydrogen) atoms. The van der Waals surface area contributed by atoms with Crippen molar-refractivity contribution in [1.82, 2.24) is 4.98 Å². The van der Waals surface area contributed by atoms with Crippen LogP contribution in [0.3, 0.4) is 0 Å². The number of nitrogens with one attached hydrogen (secondary N) is 1. The van der Waals surface area contributed by atoms with Gasteiger partial charge >= 0.3 is 6.61 Å². The summed E-state index contributed by atoms with van der Waals surface area (Å²) in [6.45, 7) is -1.14. The van der Waals surface area contributed by atoms with Crippen molar-refractivity contribution < 1.29 is 13.5 Å². The van der Waals surface area contributed by atoms with Gasteiger partial charge in [0.15, 0.2) is 5.82 Å². The molecular formula is C14H10Cl3F2N3O. The van der Waals surface area contributed by atoms with Crippen molar-refractivity contribution in [2.45, 2.75) is 13.5 Å². The minimum absolute atomic E-state index is 0.0682. The van der Waals surface area contributed by atoms with Crippen molar-refractivity contribution in [3.05, 3.63) is 51.1 Å². The first kappa shape index (κ1) is 17.7. The van der Waals surface area contributed by atoms with E-state index in [1.165, 1.54) is 18.2 Å². The van der Waals surface area contributed by atoms with Crippen molar-refractivity contribution in [2.75, 3.05) is 5.43 Å². The van der Waals surface area contributed by atoms with E-state index in [2.05, 4.69) is 20.2 Å². The maximum Gasteiger partial charge on any atom is 0.387 e. The van der Waals surface area contributed by atoms with E-state index in [0.29, 0.717) is 11.3 Å². The molecule has 0 radical (unpaired) electrons. The molecule has 0 saturated heterocycles. The predicted molar refractivity (Wildman–Crippen MR) is 88.2 cm³/mol. The molecule has 0 aliphatic carbocycles. The van der Waals surface area contributed by atoms with Crippen LogP contribution < -0.4 is 10.2 Å². The van der Waals surface area contributed by atoms with Crippen LogP contribution in [0.1, 0.15) is 12.5 Å². The molecule has 0 spiro atoms. The molecule has 4 nitrogen and oxygen atoms in total. The van der Waals surface area contributed by atoms with E-state index in [-0.39, 0.29) is 26.8 Å². The minimum Gasteiger partial charge on any atom is -0.435 e. The van der Waals surface area contributed by atoms with E-state index in [4.69, 9.17) is 34.8 Å². The van der Waals surface area contributed by atoms with Gasteiger partial charge in [-0.1, -0.05) is 34.8 Å². The number of rotatable bonds is 5. The number of pyridine rings is 1. The summed E-state index contributed by atoms with van der Waals surface area (Å²) in [7, 11) is 0. The molecular weight excluding hydrogens is 371 g/mol. The zero-order valence-corrected chi connectivity index (χ0v) is 13.9. The van der Waals surface area contributed by atoms with Crippen LogP contribution in [0.5, 0.6) is 5.75 Å². The molecule has 0 amide bonds. The first-order valence-corrected chi connectivity index (χ1v) is 7.37. The van der Waals surface area contributed by atoms with E-state index >= 15 is 0 Å². The van der Waals surface area contributed by atoms with Gasteiger partial charge in [-0.15, -0.1) is 0 Å². The second kappa shape index (κ2) is 7.77. The van der Waals surface area contributed by atoms with E-state index < -0.39 is 6.61 Å². The highest BCUT2D eigenvalue weighted by molar-refractivity contribution is 6.42. The zero-order valence-electron chi connectivity index (χ0n) is 11.7. The molecule has 1 aromatic carbocycles. The Morgan fingerprint density at radius 1 is 1.17 bits per heavy atom. The smallest absolute Gasteiger partial charge is 0.387 e. The summed E-state index contributed by atoms with van der Waals surface area (Å²) in [6.07, 6.45) is 0. The highest BCUT2D eigenvalue weighted by Gasteiger charge is 2.08. The summed E-state index contributed by atoms with van der Waals surface area (Å²) in [6, 6.07) is 7.49. The fourth-order valence-corrected chi connectivity index (χ4v) is 2.14. The fraction of sp³-hybridized carbons (Fsp3) is 0.143. The van der Waals surface area contributed by atoms with Gasteiger partial charge in [0.05, 0.1) is 15.8 Å². The van der Waals surface area contributed by atoms with Gasteiger partial charge < -0.3 is 4.74 Å². The SMILES string of the molecule is CC(=NNc1nc(Cl)c(Cl)cc1Cl)c1ccc(OC(F)F)cc1. The number of anilines is 1. The summed E-state index contributed by atoms with van der Waals surface area (Å²) < 4.78 is 28.5. The van der Waals surface area contributed by atoms with E-state index in [1.54, 1.807) is 19.1 Å². The molecule has 1 heterocycles. The summed E-state index contributed by atoms with van der Waals surface area (Å²) in [5, 5.41) is 4.71. The number of hydrazone groups is 1. The molecule has 0 bridgehead atoms. The lowest BCUT2D eigenvalue weighted by Crippen LogP contribution is -2.03. The first-order valence-electron chi connectivity index (χ1n) is 6.24. The van der Waals surface area contributed by atoms with Crippen LogP contribution in [0.2, 0.25) is 15.2 Å². The normalized spacial score (nSPS) is 11.7. The van der Waals surface area contributed by atoms with Crippen LogP contribution in [0.15, 0.2) is 35.4 Å². The fourth-order valence-electron chi connectivity index (χ4n) is 1.60. The van der Waals surface area contributed by atoms with Gasteiger partial charge in [-0.05, 0) is 42.8 Å². The summed E-state index contributed by atoms with van der Waals surface area (Å²) in [5.74, 6) is 0.316. The van der Waals surface area contributed by atoms with Gasteiger partial charge in [0.2, 0.25) is 0 Å². The Morgan fingerprint density at radius 2 is 1.83 bits per heavy atom. The lowest BCUT2D eigenvalue weighted by Gasteiger charge is -2.07. The number of alkyl halides is 2. The van der Waals surface area contributed by atoms with Crippen LogP contribution in [0.4, 0.5) is 14.6 Å². The summed E-state index contributed by atoms with van der Waals surface area (Å²) >= 11 is 17.6. The molecule has 0 unspecified atom stereocenters. The van der Waals surface area contributed by atoms with Gasteiger partial charge in [0.25, 0.3) is 0 Å². The van der Waals surface area contributed by atoms with E-state index in [1.807, 2.05) is 0 Å². The lowest BCUT2D eigenvalue weighted by atomic mass is 10.1. The van der Waals surface area contributed by atoms with Crippen molar-refractivity contribution in [2.24, 2.45) is 5.10 Å². The Labute approximate surface area is 146 Å². The van der Waals surface area contributed by atoms with E-state index in [9.17, 15) is 8.78 Å². The van der Waals surface area contributed by atoms with Crippen molar-refractivity contribution >= 4 is 46.3 Å². The standard InChI is InChI=1S/C14H10Cl3F2N3O/c1-7(8-2-4-9(5-3-8)23-14(18)19)21-22-13-11(16)6-10(15)12(17)20-13/h2-6,14H,1H3,(H,20,22). The quantitative estimate of drug-likeness (QED) is 0.424. The second-order valence-electron chi connectivity index (χ2n) is 4.30. The maximum absolute atomic E-state index is 12.1. The third-order valence-corrected chi connectivity index (χ3v) is 3.67. The first-order chi connectivity index (χ1) is 10.9. The average Bonchev–Trinajstić information content (AvgIpc) is 2.49. The third kappa shape index (κ3) is 4.92. The second-order valence-corrected chi connectivity index (χ2v) is 5.48. The Bertz CT molecular complexity index is 724. The molecule has 9 heteroatoms. The van der Waals surface area contributed by atoms with Gasteiger partial charge in [-0.2, -0.15) is 13.9 Å². The van der Waals surface area contributed by atoms with E-state index in [0.717, 1.165) is 0 Å². The van der Waals surface area contributed by atoms with Gasteiger partial charge in [-0.3, -0.25) is 5.43 Å². The lowest BCUT2D eigenvalue weighted by molar-refractivity contribution is -0.0498. The topological polar surface area (TPSA) is 46.5 Å². The number of nitrogens with zero attached hydrogens (tertiary/aromatic N) is 2. The Hall–Kier alpha value is -1.63. The number of hydrogen-bond acceptors (Lipinski definition) is 4. The molecule has 1 aromatic heterocycles. The monoisotopic (exact) mass is 379 g/mol. The Balaban J connectivity index is 2.12. The molecule has 0 atom stereocenters. The number of benzene rings is 1. The summed E-state index contributed by atoms with van der Waals surface area (Å²) in [5.41, 5.74) is 3.96.